The van der Waals surface area contributed by atoms with Crippen molar-refractivity contribution >= 4 is 15.9 Å². The van der Waals surface area contributed by atoms with Gasteiger partial charge in [0.05, 0.1) is 18.8 Å². The zero-order valence-electron chi connectivity index (χ0n) is 11.4. The fraction of sp³-hybridized carbons (Fsp3) is 0.571. The van der Waals surface area contributed by atoms with E-state index in [-0.39, 0.29) is 17.0 Å². The first-order valence-corrected chi connectivity index (χ1v) is 7.42. The van der Waals surface area contributed by atoms with Gasteiger partial charge in [0.1, 0.15) is 18.0 Å². The molecule has 1 aliphatic carbocycles. The molecule has 1 aromatic rings. The topological polar surface area (TPSA) is 27.7 Å². The lowest BCUT2D eigenvalue weighted by Gasteiger charge is -2.40. The predicted octanol–water partition coefficient (Wildman–Crippen LogP) is 3.65. The van der Waals surface area contributed by atoms with Gasteiger partial charge >= 0.3 is 6.18 Å². The highest BCUT2D eigenvalue weighted by Crippen LogP contribution is 2.35. The summed E-state index contributed by atoms with van der Waals surface area (Å²) >= 11 is 3.48. The second-order valence-corrected chi connectivity index (χ2v) is 5.93. The minimum Gasteiger partial charge on any atom is -0.488 e. The Balaban J connectivity index is 1.89. The molecular weight excluding hydrogens is 353 g/mol. The van der Waals surface area contributed by atoms with Crippen LogP contribution in [0.4, 0.5) is 13.2 Å². The van der Waals surface area contributed by atoms with Gasteiger partial charge < -0.3 is 14.2 Å². The van der Waals surface area contributed by atoms with Crippen LogP contribution in [-0.2, 0) is 15.7 Å². The molecule has 0 spiro atoms. The number of rotatable bonds is 6. The van der Waals surface area contributed by atoms with Crippen LogP contribution in [-0.4, -0.2) is 37.4 Å². The number of alkyl halides is 4. The summed E-state index contributed by atoms with van der Waals surface area (Å²) in [6.07, 6.45) is -3.87. The average molecular weight is 369 g/mol. The van der Waals surface area contributed by atoms with Gasteiger partial charge in [-0.25, -0.2) is 0 Å². The van der Waals surface area contributed by atoms with Gasteiger partial charge in [-0.05, 0) is 24.3 Å². The minimum absolute atomic E-state index is 0.123. The number of halogens is 4. The Morgan fingerprint density at radius 3 is 2.38 bits per heavy atom. The van der Waals surface area contributed by atoms with E-state index in [1.54, 1.807) is 7.11 Å². The molecule has 21 heavy (non-hydrogen) atoms. The van der Waals surface area contributed by atoms with Crippen molar-refractivity contribution in [2.24, 2.45) is 0 Å². The van der Waals surface area contributed by atoms with Crippen LogP contribution in [0.15, 0.2) is 24.3 Å². The second kappa shape index (κ2) is 6.98. The highest BCUT2D eigenvalue weighted by molar-refractivity contribution is 9.09. The number of hydrogen-bond donors (Lipinski definition) is 0. The van der Waals surface area contributed by atoms with Crippen molar-refractivity contribution in [3.63, 3.8) is 0 Å². The Morgan fingerprint density at radius 2 is 1.86 bits per heavy atom. The third-order valence-corrected chi connectivity index (χ3v) is 4.14. The Hall–Kier alpha value is -0.790. The van der Waals surface area contributed by atoms with Crippen molar-refractivity contribution < 1.29 is 27.4 Å². The van der Waals surface area contributed by atoms with E-state index in [0.29, 0.717) is 19.0 Å². The van der Waals surface area contributed by atoms with Crippen LogP contribution in [0, 0.1) is 0 Å². The maximum Gasteiger partial charge on any atom is 0.416 e. The van der Waals surface area contributed by atoms with Gasteiger partial charge in [-0.3, -0.25) is 0 Å². The van der Waals surface area contributed by atoms with Crippen molar-refractivity contribution in [1.29, 1.82) is 0 Å². The maximum absolute atomic E-state index is 12.5. The van der Waals surface area contributed by atoms with Crippen molar-refractivity contribution in [1.82, 2.24) is 0 Å². The van der Waals surface area contributed by atoms with E-state index in [1.807, 2.05) is 0 Å². The number of ether oxygens (including phenoxy) is 3. The molecule has 3 nitrogen and oxygen atoms in total. The summed E-state index contributed by atoms with van der Waals surface area (Å²) in [5, 5.41) is 0. The van der Waals surface area contributed by atoms with E-state index in [9.17, 15) is 13.2 Å². The molecule has 3 atom stereocenters. The highest BCUT2D eigenvalue weighted by atomic mass is 79.9. The minimum atomic E-state index is -4.33. The van der Waals surface area contributed by atoms with Crippen LogP contribution in [0.2, 0.25) is 0 Å². The molecule has 1 aromatic carbocycles. The molecule has 0 aliphatic heterocycles. The summed E-state index contributed by atoms with van der Waals surface area (Å²) in [7, 11) is 1.59. The first-order chi connectivity index (χ1) is 9.91. The summed E-state index contributed by atoms with van der Waals surface area (Å²) in [5.41, 5.74) is -0.685. The van der Waals surface area contributed by atoms with Crippen LogP contribution in [0.5, 0.6) is 5.75 Å². The van der Waals surface area contributed by atoms with Crippen molar-refractivity contribution in [3.05, 3.63) is 29.8 Å². The SMILES string of the molecule is COCCOC1C(Br)CC1Oc1ccc(C(F)(F)F)cc1. The van der Waals surface area contributed by atoms with Crippen LogP contribution < -0.4 is 4.74 Å². The van der Waals surface area contributed by atoms with Gasteiger partial charge in [-0.2, -0.15) is 13.2 Å². The molecule has 1 aliphatic rings. The number of methoxy groups -OCH3 is 1. The van der Waals surface area contributed by atoms with Gasteiger partial charge in [0.15, 0.2) is 0 Å². The van der Waals surface area contributed by atoms with E-state index < -0.39 is 11.7 Å². The van der Waals surface area contributed by atoms with Gasteiger partial charge in [0.2, 0.25) is 0 Å². The third kappa shape index (κ3) is 4.34. The Morgan fingerprint density at radius 1 is 1.19 bits per heavy atom. The first-order valence-electron chi connectivity index (χ1n) is 6.50. The normalized spacial score (nSPS) is 25.5. The smallest absolute Gasteiger partial charge is 0.416 e. The zero-order chi connectivity index (χ0) is 15.5. The summed E-state index contributed by atoms with van der Waals surface area (Å²) in [6, 6.07) is 4.69. The Labute approximate surface area is 129 Å². The second-order valence-electron chi connectivity index (χ2n) is 4.76. The molecule has 1 saturated carbocycles. The zero-order valence-corrected chi connectivity index (χ0v) is 13.0. The molecule has 3 unspecified atom stereocenters. The molecule has 0 aromatic heterocycles. The Kier molecular flexibility index (Phi) is 5.51. The fourth-order valence-electron chi connectivity index (χ4n) is 2.02. The van der Waals surface area contributed by atoms with Gasteiger partial charge in [-0.1, -0.05) is 15.9 Å². The summed E-state index contributed by atoms with van der Waals surface area (Å²) in [5.74, 6) is 0.410. The maximum atomic E-state index is 12.5. The Bertz CT molecular complexity index is 450. The summed E-state index contributed by atoms with van der Waals surface area (Å²) in [6.45, 7) is 0.944. The lowest BCUT2D eigenvalue weighted by Crippen LogP contribution is -2.52. The monoisotopic (exact) mass is 368 g/mol. The molecule has 0 amide bonds. The largest absolute Gasteiger partial charge is 0.488 e. The van der Waals surface area contributed by atoms with Crippen molar-refractivity contribution in [2.75, 3.05) is 20.3 Å². The molecule has 2 rings (SSSR count). The van der Waals surface area contributed by atoms with Crippen LogP contribution in [0.3, 0.4) is 0 Å². The van der Waals surface area contributed by atoms with Gasteiger partial charge in [0, 0.05) is 18.4 Å². The molecule has 1 fully saturated rings. The van der Waals surface area contributed by atoms with Gasteiger partial charge in [-0.15, -0.1) is 0 Å². The first kappa shape index (κ1) is 16.6. The van der Waals surface area contributed by atoms with E-state index in [2.05, 4.69) is 15.9 Å². The van der Waals surface area contributed by atoms with Crippen LogP contribution in [0.1, 0.15) is 12.0 Å². The predicted molar refractivity (Wildman–Crippen MR) is 74.8 cm³/mol. The average Bonchev–Trinajstić information content (AvgIpc) is 2.42. The molecule has 7 heteroatoms. The standard InChI is InChI=1S/C14H16BrF3O3/c1-19-6-7-20-13-11(15)8-12(13)21-10-4-2-9(3-5-10)14(16,17)18/h2-5,11-13H,6-8H2,1H3. The molecule has 118 valence electrons. The lowest BCUT2D eigenvalue weighted by atomic mass is 9.91. The van der Waals surface area contributed by atoms with E-state index >= 15 is 0 Å². The van der Waals surface area contributed by atoms with Gasteiger partial charge in [0.25, 0.3) is 0 Å². The molecule has 0 saturated heterocycles. The van der Waals surface area contributed by atoms with Crippen molar-refractivity contribution in [3.8, 4) is 5.75 Å². The fourth-order valence-corrected chi connectivity index (χ4v) is 2.88. The van der Waals surface area contributed by atoms with E-state index in [1.165, 1.54) is 12.1 Å². The lowest BCUT2D eigenvalue weighted by molar-refractivity contribution is -0.137. The highest BCUT2D eigenvalue weighted by Gasteiger charge is 2.42. The quantitative estimate of drug-likeness (QED) is 0.566. The molecule has 0 N–H and O–H groups in total. The van der Waals surface area contributed by atoms with E-state index in [0.717, 1.165) is 18.6 Å². The number of hydrogen-bond acceptors (Lipinski definition) is 3. The molecule has 0 heterocycles. The summed E-state index contributed by atoms with van der Waals surface area (Å²) in [4.78, 5) is 0.189. The van der Waals surface area contributed by atoms with Crippen LogP contribution >= 0.6 is 15.9 Å². The van der Waals surface area contributed by atoms with E-state index in [4.69, 9.17) is 14.2 Å². The number of benzene rings is 1. The third-order valence-electron chi connectivity index (χ3n) is 3.25. The van der Waals surface area contributed by atoms with Crippen molar-refractivity contribution in [2.45, 2.75) is 29.6 Å². The summed E-state index contributed by atoms with van der Waals surface area (Å²) < 4.78 is 53.6. The molecule has 0 radical (unpaired) electrons. The molecule has 0 bridgehead atoms. The van der Waals surface area contributed by atoms with Crippen LogP contribution in [0.25, 0.3) is 0 Å². The molecular formula is C14H16BrF3O3.